The van der Waals surface area contributed by atoms with Crippen LogP contribution >= 0.6 is 0 Å². The van der Waals surface area contributed by atoms with Gasteiger partial charge in [0.05, 0.1) is 0 Å². The normalized spacial score (nSPS) is 12.6. The van der Waals surface area contributed by atoms with Crippen LogP contribution in [0.5, 0.6) is 0 Å². The predicted molar refractivity (Wildman–Crippen MR) is 181 cm³/mol. The van der Waals surface area contributed by atoms with Crippen LogP contribution in [0, 0.1) is 12.1 Å². The second kappa shape index (κ2) is 10.1. The molecule has 0 atom stereocenters. The Kier molecular flexibility index (Phi) is 6.59. The van der Waals surface area contributed by atoms with Crippen molar-refractivity contribution in [1.29, 1.82) is 0 Å². The Morgan fingerprint density at radius 3 is 1.77 bits per heavy atom. The summed E-state index contributed by atoms with van der Waals surface area (Å²) in [5.41, 5.74) is 5.04. The Bertz CT molecular complexity index is 2340. The molecule has 5 aromatic heterocycles. The number of imidazole rings is 4. The summed E-state index contributed by atoms with van der Waals surface area (Å²) in [5.74, 6) is 1.83. The summed E-state index contributed by atoms with van der Waals surface area (Å²) in [6.07, 6.45) is 12.4. The number of benzene rings is 3. The summed E-state index contributed by atoms with van der Waals surface area (Å²) in [7, 11) is -3.21. The zero-order valence-corrected chi connectivity index (χ0v) is 29.9. The van der Waals surface area contributed by atoms with Crippen molar-refractivity contribution in [3.05, 3.63) is 104 Å². The molecule has 10 heteroatoms. The van der Waals surface area contributed by atoms with E-state index in [1.165, 1.54) is 16.0 Å². The topological polar surface area (TPSA) is 49.4 Å². The van der Waals surface area contributed by atoms with Gasteiger partial charge in [0.15, 0.2) is 0 Å². The minimum Gasteiger partial charge on any atom is -0.358 e. The molecule has 0 spiro atoms. The molecule has 0 aliphatic rings. The van der Waals surface area contributed by atoms with E-state index in [9.17, 15) is 0 Å². The van der Waals surface area contributed by atoms with Gasteiger partial charge in [0, 0.05) is 53.3 Å². The Balaban J connectivity index is 0.00000312. The molecule has 0 unspecified atom stereocenters. The van der Waals surface area contributed by atoms with E-state index in [4.69, 9.17) is 9.97 Å². The van der Waals surface area contributed by atoms with Crippen LogP contribution in [0.4, 0.5) is 0 Å². The van der Waals surface area contributed by atoms with E-state index in [0.29, 0.717) is 0 Å². The maximum atomic E-state index is 4.72. The number of fused-ring (bicyclic) bond motifs is 5. The first kappa shape index (κ1) is 28.8. The molecule has 0 saturated carbocycles. The van der Waals surface area contributed by atoms with Gasteiger partial charge in [-0.05, 0) is 11.5 Å². The number of aromatic nitrogens is 7. The molecule has 8 rings (SSSR count). The average Bonchev–Trinajstić information content (AvgIpc) is 3.77. The van der Waals surface area contributed by atoms with Crippen LogP contribution in [0.15, 0.2) is 91.8 Å². The van der Waals surface area contributed by atoms with Gasteiger partial charge in [-0.25, -0.2) is 9.97 Å². The molecule has 0 fully saturated rings. The third-order valence-corrected chi connectivity index (χ3v) is 12.1. The molecule has 44 heavy (non-hydrogen) atoms. The van der Waals surface area contributed by atoms with Gasteiger partial charge in [-0.1, -0.05) is 80.1 Å². The van der Waals surface area contributed by atoms with Gasteiger partial charge < -0.3 is 13.7 Å². The van der Waals surface area contributed by atoms with E-state index < -0.39 is 16.1 Å². The number of hydrogen-bond donors (Lipinski definition) is 0. The standard InChI is InChI=1S/C34H33N7Si2.Pt/c1-42(2,3)31-22-39(33-35-16-18-37(31)33)24-10-9-11-26(20-24)41-29-13-8-7-12-27(29)28-15-14-25(21-30(28)41)40-23-32(43(4,5)6)38-19-17-36-34(38)40;/h7-19,22-23H,1-6H3;/q-2;+2. The number of hydrogen-bond acceptors (Lipinski definition) is 2. The molecule has 8 aromatic rings. The molecular weight excluding hydrogens is 758 g/mol. The predicted octanol–water partition coefficient (Wildman–Crippen LogP) is 6.35. The zero-order valence-electron chi connectivity index (χ0n) is 25.6. The third kappa shape index (κ3) is 4.32. The van der Waals surface area contributed by atoms with Crippen LogP contribution in [0.3, 0.4) is 0 Å². The van der Waals surface area contributed by atoms with Gasteiger partial charge in [0.25, 0.3) is 0 Å². The van der Waals surface area contributed by atoms with Gasteiger partial charge in [-0.15, -0.1) is 35.7 Å². The molecule has 3 aromatic carbocycles. The number of nitrogens with zero attached hydrogens (tertiary/aromatic N) is 7. The van der Waals surface area contributed by atoms with E-state index in [1.54, 1.807) is 0 Å². The summed E-state index contributed by atoms with van der Waals surface area (Å²) in [5, 5.41) is 5.03. The maximum absolute atomic E-state index is 4.72. The van der Waals surface area contributed by atoms with Gasteiger partial charge in [-0.3, -0.25) is 8.80 Å². The Morgan fingerprint density at radius 2 is 1.16 bits per heavy atom. The molecule has 0 radical (unpaired) electrons. The molecule has 0 aliphatic heterocycles. The fourth-order valence-electron chi connectivity index (χ4n) is 6.26. The van der Waals surface area contributed by atoms with Gasteiger partial charge in [0.1, 0.15) is 16.1 Å². The van der Waals surface area contributed by atoms with Crippen LogP contribution in [0.1, 0.15) is 0 Å². The molecule has 0 bridgehead atoms. The summed E-state index contributed by atoms with van der Waals surface area (Å²) in [4.78, 5) is 9.44. The van der Waals surface area contributed by atoms with E-state index in [1.807, 2.05) is 12.4 Å². The summed E-state index contributed by atoms with van der Waals surface area (Å²) < 4.78 is 11.1. The van der Waals surface area contributed by atoms with Crippen molar-refractivity contribution in [2.75, 3.05) is 0 Å². The van der Waals surface area contributed by atoms with Gasteiger partial charge in [-0.2, -0.15) is 12.1 Å². The Morgan fingerprint density at radius 1 is 0.591 bits per heavy atom. The van der Waals surface area contributed by atoms with E-state index in [-0.39, 0.29) is 21.1 Å². The largest absolute Gasteiger partial charge is 2.00 e. The molecule has 0 amide bonds. The van der Waals surface area contributed by atoms with Crippen molar-refractivity contribution in [1.82, 2.24) is 32.5 Å². The van der Waals surface area contributed by atoms with Crippen molar-refractivity contribution in [2.45, 2.75) is 39.3 Å². The summed E-state index contributed by atoms with van der Waals surface area (Å²) >= 11 is 0. The van der Waals surface area contributed by atoms with E-state index in [2.05, 4.69) is 153 Å². The van der Waals surface area contributed by atoms with Crippen LogP contribution < -0.4 is 10.6 Å². The molecule has 0 saturated heterocycles. The SMILES string of the molecule is C[Si](C)(C)c1cn(-c2[c-]c(-n3c4[c-]c(-n5cc([Si](C)(C)C)n6ccnc56)ccc4c4ccccc43)ccc2)c2nccn12.[Pt+2]. The third-order valence-electron chi connectivity index (χ3n) is 8.32. The Hall–Kier alpha value is -3.92. The average molecular weight is 791 g/mol. The molecular formula is C34H33N7PtSi2. The molecule has 5 heterocycles. The van der Waals surface area contributed by atoms with Crippen molar-refractivity contribution in [3.63, 3.8) is 0 Å². The number of rotatable bonds is 5. The first-order chi connectivity index (χ1) is 20.6. The van der Waals surface area contributed by atoms with Crippen molar-refractivity contribution >= 4 is 60.1 Å². The molecule has 7 nitrogen and oxygen atoms in total. The van der Waals surface area contributed by atoms with E-state index >= 15 is 0 Å². The van der Waals surface area contributed by atoms with Gasteiger partial charge in [0.2, 0.25) is 11.6 Å². The van der Waals surface area contributed by atoms with E-state index in [0.717, 1.165) is 45.0 Å². The monoisotopic (exact) mass is 790 g/mol. The van der Waals surface area contributed by atoms with Gasteiger partial charge >= 0.3 is 21.1 Å². The van der Waals surface area contributed by atoms with Crippen molar-refractivity contribution < 1.29 is 21.1 Å². The zero-order chi connectivity index (χ0) is 29.7. The van der Waals surface area contributed by atoms with Crippen molar-refractivity contribution in [3.8, 4) is 17.1 Å². The van der Waals surface area contributed by atoms with Crippen LogP contribution in [0.25, 0.3) is 50.4 Å². The fraction of sp³-hybridized carbons (Fsp3) is 0.176. The minimum absolute atomic E-state index is 0. The first-order valence-electron chi connectivity index (χ1n) is 14.7. The van der Waals surface area contributed by atoms with Crippen LogP contribution in [-0.4, -0.2) is 48.6 Å². The number of para-hydroxylation sites is 1. The molecule has 0 N–H and O–H groups in total. The summed E-state index contributed by atoms with van der Waals surface area (Å²) in [6, 6.07) is 26.9. The quantitative estimate of drug-likeness (QED) is 0.151. The minimum atomic E-state index is -1.61. The first-order valence-corrected chi connectivity index (χ1v) is 21.7. The molecule has 0 aliphatic carbocycles. The second-order valence-corrected chi connectivity index (χ2v) is 23.4. The smallest absolute Gasteiger partial charge is 0.358 e. The summed E-state index contributed by atoms with van der Waals surface area (Å²) in [6.45, 7) is 14.2. The maximum Gasteiger partial charge on any atom is 2.00 e. The van der Waals surface area contributed by atoms with Crippen LogP contribution in [-0.2, 0) is 21.1 Å². The second-order valence-electron chi connectivity index (χ2n) is 13.3. The Labute approximate surface area is 272 Å². The van der Waals surface area contributed by atoms with Crippen LogP contribution in [0.2, 0.25) is 39.3 Å². The fourth-order valence-corrected chi connectivity index (χ4v) is 9.09. The van der Waals surface area contributed by atoms with Crippen molar-refractivity contribution in [2.24, 2.45) is 0 Å². The molecule has 222 valence electrons.